The van der Waals surface area contributed by atoms with Gasteiger partial charge in [0.1, 0.15) is 11.4 Å². The SMILES string of the molecule is COc1ccc(CN(C)c2ccc(-c3nc(-c4ccc(OC)c(OC)c4)no3)cc2[N+](=O)[O-])cc1. The lowest BCUT2D eigenvalue weighted by Crippen LogP contribution is -2.17. The van der Waals surface area contributed by atoms with Crippen LogP contribution in [0.4, 0.5) is 11.4 Å². The number of nitro benzene ring substituents is 1. The summed E-state index contributed by atoms with van der Waals surface area (Å²) in [5.41, 5.74) is 2.49. The van der Waals surface area contributed by atoms with Crippen molar-refractivity contribution in [2.75, 3.05) is 33.3 Å². The first-order valence-electron chi connectivity index (χ1n) is 10.6. The average molecular weight is 476 g/mol. The van der Waals surface area contributed by atoms with Gasteiger partial charge in [-0.05, 0) is 48.0 Å². The number of ether oxygens (including phenoxy) is 3. The van der Waals surface area contributed by atoms with E-state index in [0.29, 0.717) is 40.7 Å². The Morgan fingerprint density at radius 3 is 2.29 bits per heavy atom. The molecule has 0 aliphatic rings. The summed E-state index contributed by atoms with van der Waals surface area (Å²) in [6.07, 6.45) is 0. The Morgan fingerprint density at radius 2 is 1.63 bits per heavy atom. The van der Waals surface area contributed by atoms with E-state index < -0.39 is 4.92 Å². The fourth-order valence-electron chi connectivity index (χ4n) is 3.65. The fraction of sp³-hybridized carbons (Fsp3) is 0.200. The maximum absolute atomic E-state index is 11.9. The summed E-state index contributed by atoms with van der Waals surface area (Å²) in [5.74, 6) is 2.34. The zero-order chi connectivity index (χ0) is 24.9. The Balaban J connectivity index is 1.60. The number of nitrogens with zero attached hydrogens (tertiary/aromatic N) is 4. The molecule has 180 valence electrons. The topological polar surface area (TPSA) is 113 Å². The zero-order valence-electron chi connectivity index (χ0n) is 19.7. The molecule has 0 saturated carbocycles. The van der Waals surface area contributed by atoms with Gasteiger partial charge in [0.25, 0.3) is 11.6 Å². The van der Waals surface area contributed by atoms with Gasteiger partial charge in [-0.1, -0.05) is 17.3 Å². The molecule has 10 nitrogen and oxygen atoms in total. The lowest BCUT2D eigenvalue weighted by Gasteiger charge is -2.19. The summed E-state index contributed by atoms with van der Waals surface area (Å²) >= 11 is 0. The normalized spacial score (nSPS) is 10.6. The van der Waals surface area contributed by atoms with Gasteiger partial charge in [-0.3, -0.25) is 10.1 Å². The van der Waals surface area contributed by atoms with Crippen LogP contribution in [0.25, 0.3) is 22.8 Å². The highest BCUT2D eigenvalue weighted by Crippen LogP contribution is 2.35. The summed E-state index contributed by atoms with van der Waals surface area (Å²) in [7, 11) is 6.49. The van der Waals surface area contributed by atoms with Gasteiger partial charge < -0.3 is 23.6 Å². The third-order valence-corrected chi connectivity index (χ3v) is 5.48. The molecule has 1 heterocycles. The van der Waals surface area contributed by atoms with E-state index in [0.717, 1.165) is 11.3 Å². The Hall–Kier alpha value is -4.60. The Bertz CT molecular complexity index is 1340. The number of rotatable bonds is 9. The van der Waals surface area contributed by atoms with Crippen molar-refractivity contribution in [3.05, 3.63) is 76.3 Å². The summed E-state index contributed by atoms with van der Waals surface area (Å²) < 4.78 is 21.2. The lowest BCUT2D eigenvalue weighted by atomic mass is 10.1. The number of aromatic nitrogens is 2. The molecule has 35 heavy (non-hydrogen) atoms. The third kappa shape index (κ3) is 5.01. The monoisotopic (exact) mass is 476 g/mol. The lowest BCUT2D eigenvalue weighted by molar-refractivity contribution is -0.384. The van der Waals surface area contributed by atoms with Crippen LogP contribution in [-0.4, -0.2) is 43.4 Å². The Morgan fingerprint density at radius 1 is 0.914 bits per heavy atom. The maximum atomic E-state index is 11.9. The molecule has 0 aliphatic carbocycles. The van der Waals surface area contributed by atoms with E-state index in [4.69, 9.17) is 18.7 Å². The van der Waals surface area contributed by atoms with Gasteiger partial charge in [0.2, 0.25) is 5.82 Å². The molecule has 4 aromatic rings. The van der Waals surface area contributed by atoms with E-state index in [-0.39, 0.29) is 11.6 Å². The van der Waals surface area contributed by atoms with Crippen LogP contribution in [0.3, 0.4) is 0 Å². The molecule has 0 amide bonds. The molecule has 0 spiro atoms. The molecule has 0 N–H and O–H groups in total. The van der Waals surface area contributed by atoms with E-state index >= 15 is 0 Å². The van der Waals surface area contributed by atoms with Crippen LogP contribution in [0, 0.1) is 10.1 Å². The predicted molar refractivity (Wildman–Crippen MR) is 130 cm³/mol. The number of benzene rings is 3. The van der Waals surface area contributed by atoms with Crippen LogP contribution in [0.1, 0.15) is 5.56 Å². The highest BCUT2D eigenvalue weighted by Gasteiger charge is 2.21. The second-order valence-electron chi connectivity index (χ2n) is 7.66. The van der Waals surface area contributed by atoms with E-state index in [1.165, 1.54) is 13.2 Å². The molecule has 0 bridgehead atoms. The minimum absolute atomic E-state index is 0.0654. The van der Waals surface area contributed by atoms with E-state index in [1.54, 1.807) is 51.6 Å². The quantitative estimate of drug-likeness (QED) is 0.244. The molecule has 10 heteroatoms. The standard InChI is InChI=1S/C25H24N4O6/c1-28(15-16-5-9-19(32-2)10-6-16)20-11-7-18(13-21(20)29(30)31)25-26-24(27-35-25)17-8-12-22(33-3)23(14-17)34-4/h5-14H,15H2,1-4H3. The minimum atomic E-state index is -0.422. The first kappa shape index (κ1) is 23.6. The second kappa shape index (κ2) is 10.1. The third-order valence-electron chi connectivity index (χ3n) is 5.48. The summed E-state index contributed by atoms with van der Waals surface area (Å²) in [5, 5.41) is 15.9. The van der Waals surface area contributed by atoms with Crippen LogP contribution < -0.4 is 19.1 Å². The number of methoxy groups -OCH3 is 3. The molecular weight excluding hydrogens is 452 g/mol. The first-order valence-corrected chi connectivity index (χ1v) is 10.6. The van der Waals surface area contributed by atoms with Crippen LogP contribution in [0.5, 0.6) is 17.2 Å². The van der Waals surface area contributed by atoms with Crippen molar-refractivity contribution < 1.29 is 23.7 Å². The van der Waals surface area contributed by atoms with E-state index in [1.807, 2.05) is 29.2 Å². The van der Waals surface area contributed by atoms with Gasteiger partial charge in [0.15, 0.2) is 11.5 Å². The van der Waals surface area contributed by atoms with Crippen LogP contribution in [0.15, 0.2) is 65.2 Å². The number of nitro groups is 1. The zero-order valence-corrected chi connectivity index (χ0v) is 19.7. The van der Waals surface area contributed by atoms with Crippen LogP contribution in [-0.2, 0) is 6.54 Å². The van der Waals surface area contributed by atoms with Gasteiger partial charge in [0, 0.05) is 30.8 Å². The fourth-order valence-corrected chi connectivity index (χ4v) is 3.65. The van der Waals surface area contributed by atoms with Gasteiger partial charge in [-0.15, -0.1) is 0 Å². The smallest absolute Gasteiger partial charge is 0.293 e. The van der Waals surface area contributed by atoms with Crippen molar-refractivity contribution in [3.63, 3.8) is 0 Å². The molecule has 0 radical (unpaired) electrons. The van der Waals surface area contributed by atoms with Crippen molar-refractivity contribution >= 4 is 11.4 Å². The van der Waals surface area contributed by atoms with Gasteiger partial charge >= 0.3 is 0 Å². The minimum Gasteiger partial charge on any atom is -0.497 e. The predicted octanol–water partition coefficient (Wildman–Crippen LogP) is 4.97. The second-order valence-corrected chi connectivity index (χ2v) is 7.66. The number of hydrogen-bond acceptors (Lipinski definition) is 9. The number of anilines is 1. The molecule has 0 fully saturated rings. The molecule has 0 aliphatic heterocycles. The van der Waals surface area contributed by atoms with Crippen molar-refractivity contribution in [1.82, 2.24) is 10.1 Å². The molecule has 3 aromatic carbocycles. The van der Waals surface area contributed by atoms with Crippen molar-refractivity contribution in [3.8, 4) is 40.1 Å². The summed E-state index contributed by atoms with van der Waals surface area (Å²) in [6.45, 7) is 0.480. The van der Waals surface area contributed by atoms with Crippen LogP contribution >= 0.6 is 0 Å². The summed E-state index contributed by atoms with van der Waals surface area (Å²) in [6, 6.07) is 17.6. The average Bonchev–Trinajstić information content (AvgIpc) is 3.38. The molecule has 0 atom stereocenters. The molecule has 0 saturated heterocycles. The van der Waals surface area contributed by atoms with Gasteiger partial charge in [-0.2, -0.15) is 4.98 Å². The van der Waals surface area contributed by atoms with Crippen molar-refractivity contribution in [2.45, 2.75) is 6.54 Å². The van der Waals surface area contributed by atoms with Gasteiger partial charge in [-0.25, -0.2) is 0 Å². The first-order chi connectivity index (χ1) is 16.9. The maximum Gasteiger partial charge on any atom is 0.293 e. The Kier molecular flexibility index (Phi) is 6.81. The molecule has 4 rings (SSSR count). The molecule has 0 unspecified atom stereocenters. The van der Waals surface area contributed by atoms with E-state index in [9.17, 15) is 10.1 Å². The van der Waals surface area contributed by atoms with Gasteiger partial charge in [0.05, 0.1) is 26.3 Å². The van der Waals surface area contributed by atoms with E-state index in [2.05, 4.69) is 10.1 Å². The number of hydrogen-bond donors (Lipinski definition) is 0. The van der Waals surface area contributed by atoms with Crippen molar-refractivity contribution in [1.29, 1.82) is 0 Å². The summed E-state index contributed by atoms with van der Waals surface area (Å²) in [4.78, 5) is 17.7. The molecule has 1 aromatic heterocycles. The highest BCUT2D eigenvalue weighted by molar-refractivity contribution is 5.71. The van der Waals surface area contributed by atoms with Crippen molar-refractivity contribution in [2.24, 2.45) is 0 Å². The highest BCUT2D eigenvalue weighted by atomic mass is 16.6. The molecular formula is C25H24N4O6. The Labute approximate surface area is 201 Å². The largest absolute Gasteiger partial charge is 0.497 e. The van der Waals surface area contributed by atoms with Crippen LogP contribution in [0.2, 0.25) is 0 Å².